The molecular weight excluding hydrogens is 429 g/mol. The monoisotopic (exact) mass is 458 g/mol. The Bertz CT molecular complexity index is 791. The highest BCUT2D eigenvalue weighted by molar-refractivity contribution is 8.15. The third-order valence-electron chi connectivity index (χ3n) is 5.08. The van der Waals surface area contributed by atoms with Crippen LogP contribution in [-0.2, 0) is 20.7 Å². The maximum absolute atomic E-state index is 12.5. The Morgan fingerprint density at radius 2 is 1.77 bits per heavy atom. The van der Waals surface area contributed by atoms with E-state index < -0.39 is 22.6 Å². The number of ketones is 1. The van der Waals surface area contributed by atoms with Crippen LogP contribution in [0.4, 0.5) is 13.2 Å². The van der Waals surface area contributed by atoms with Gasteiger partial charge in [0.05, 0.1) is 4.75 Å². The summed E-state index contributed by atoms with van der Waals surface area (Å²) >= 11 is 1.20. The van der Waals surface area contributed by atoms with Gasteiger partial charge in [-0.1, -0.05) is 75.4 Å². The lowest BCUT2D eigenvalue weighted by Crippen LogP contribution is -2.24. The van der Waals surface area contributed by atoms with Crippen molar-refractivity contribution in [1.82, 2.24) is 0 Å². The van der Waals surface area contributed by atoms with Crippen molar-refractivity contribution in [1.29, 1.82) is 0 Å². The predicted octanol–water partition coefficient (Wildman–Crippen LogP) is 6.38. The number of ether oxygens (including phenoxy) is 2. The first-order valence-electron chi connectivity index (χ1n) is 10.6. The van der Waals surface area contributed by atoms with Crippen LogP contribution in [0, 0.1) is 0 Å². The molecule has 1 aromatic rings. The number of unbranched alkanes of at least 4 members (excludes halogenated alkanes) is 5. The van der Waals surface area contributed by atoms with Crippen molar-refractivity contribution in [3.63, 3.8) is 0 Å². The molecule has 0 bridgehead atoms. The molecule has 1 aliphatic rings. The van der Waals surface area contributed by atoms with Gasteiger partial charge in [0.2, 0.25) is 5.12 Å². The summed E-state index contributed by atoms with van der Waals surface area (Å²) in [5, 5.41) is -0.111. The summed E-state index contributed by atoms with van der Waals surface area (Å²) in [5.41, 5.74) is 0.133. The lowest BCUT2D eigenvalue weighted by atomic mass is 9.99. The smallest absolute Gasteiger partial charge is 0.489 e. The number of carbonyl (C=O) groups is 2. The van der Waals surface area contributed by atoms with Crippen LogP contribution in [0.2, 0.25) is 0 Å². The van der Waals surface area contributed by atoms with Gasteiger partial charge in [-0.25, -0.2) is 0 Å². The van der Waals surface area contributed by atoms with Gasteiger partial charge in [0.15, 0.2) is 5.78 Å². The maximum atomic E-state index is 12.5. The molecule has 1 aliphatic heterocycles. The Morgan fingerprint density at radius 3 is 2.48 bits per heavy atom. The van der Waals surface area contributed by atoms with Crippen molar-refractivity contribution < 1.29 is 32.2 Å². The molecule has 2 rings (SSSR count). The van der Waals surface area contributed by atoms with E-state index in [0.29, 0.717) is 5.76 Å². The van der Waals surface area contributed by atoms with Gasteiger partial charge in [-0.15, -0.1) is 13.2 Å². The number of halogens is 3. The molecule has 0 spiro atoms. The first-order chi connectivity index (χ1) is 14.6. The molecule has 1 atom stereocenters. The molecule has 0 saturated heterocycles. The van der Waals surface area contributed by atoms with Crippen LogP contribution >= 0.6 is 11.8 Å². The highest BCUT2D eigenvalue weighted by Crippen LogP contribution is 2.44. The number of carbonyl (C=O) groups excluding carboxylic acids is 2. The predicted molar refractivity (Wildman–Crippen MR) is 115 cm³/mol. The molecule has 0 aliphatic carbocycles. The second-order valence-electron chi connectivity index (χ2n) is 7.84. The number of para-hydroxylation sites is 1. The topological polar surface area (TPSA) is 52.6 Å². The van der Waals surface area contributed by atoms with Gasteiger partial charge in [-0.3, -0.25) is 9.59 Å². The molecule has 0 radical (unpaired) electrons. The molecule has 8 heteroatoms. The highest BCUT2D eigenvalue weighted by atomic mass is 32.2. The minimum Gasteiger partial charge on any atom is -0.489 e. The summed E-state index contributed by atoms with van der Waals surface area (Å²) in [6.45, 7) is 3.78. The average Bonchev–Trinajstić information content (AvgIpc) is 2.97. The van der Waals surface area contributed by atoms with Gasteiger partial charge in [0, 0.05) is 18.1 Å². The molecular formula is C23H29F3O4S. The van der Waals surface area contributed by atoms with Crippen LogP contribution in [0.25, 0.3) is 0 Å². The maximum Gasteiger partial charge on any atom is 0.573 e. The number of hydrogen-bond donors (Lipinski definition) is 0. The molecule has 172 valence electrons. The van der Waals surface area contributed by atoms with E-state index in [4.69, 9.17) is 4.74 Å². The molecule has 1 heterocycles. The van der Waals surface area contributed by atoms with Gasteiger partial charge in [0.1, 0.15) is 18.1 Å². The first-order valence-corrected chi connectivity index (χ1v) is 11.4. The van der Waals surface area contributed by atoms with Crippen molar-refractivity contribution in [2.24, 2.45) is 0 Å². The Hall–Kier alpha value is -1.96. The number of alkyl halides is 3. The van der Waals surface area contributed by atoms with Crippen molar-refractivity contribution in [2.45, 2.75) is 76.3 Å². The fraction of sp³-hybridized carbons (Fsp3) is 0.565. The van der Waals surface area contributed by atoms with Crippen LogP contribution in [0.1, 0.15) is 64.4 Å². The Kier molecular flexibility index (Phi) is 9.47. The highest BCUT2D eigenvalue weighted by Gasteiger charge is 2.39. The van der Waals surface area contributed by atoms with Gasteiger partial charge in [0.25, 0.3) is 0 Å². The van der Waals surface area contributed by atoms with E-state index in [1.54, 1.807) is 6.07 Å². The molecule has 4 nitrogen and oxygen atoms in total. The normalized spacial score (nSPS) is 18.7. The van der Waals surface area contributed by atoms with Crippen molar-refractivity contribution >= 4 is 22.7 Å². The largest absolute Gasteiger partial charge is 0.573 e. The van der Waals surface area contributed by atoms with Gasteiger partial charge >= 0.3 is 6.36 Å². The zero-order chi connectivity index (χ0) is 22.9. The van der Waals surface area contributed by atoms with Crippen LogP contribution in [0.15, 0.2) is 36.1 Å². The molecule has 1 aromatic carbocycles. The summed E-state index contributed by atoms with van der Waals surface area (Å²) in [6, 6.07) is 5.53. The third-order valence-corrected chi connectivity index (χ3v) is 6.25. The van der Waals surface area contributed by atoms with E-state index in [9.17, 15) is 22.8 Å². The second kappa shape index (κ2) is 11.6. The summed E-state index contributed by atoms with van der Waals surface area (Å²) in [5.74, 6) is -0.336. The standard InChI is InChI=1S/C23H29F3O4S/c1-3-4-5-6-7-10-13-22(2)20(15-21(28)31-22)29-16-18(27)14-17-11-8-9-12-19(17)30-23(24,25)26/h8-9,11-12,15H,3-7,10,13-14,16H2,1-2H3. The minimum atomic E-state index is -4.83. The second-order valence-corrected chi connectivity index (χ2v) is 9.35. The van der Waals surface area contributed by atoms with E-state index in [1.807, 2.05) is 6.92 Å². The number of benzene rings is 1. The SMILES string of the molecule is CCCCCCCCC1(C)SC(=O)C=C1OCC(=O)Cc1ccccc1OC(F)(F)F. The zero-order valence-corrected chi connectivity index (χ0v) is 18.7. The molecule has 0 amide bonds. The molecule has 0 fully saturated rings. The fourth-order valence-corrected chi connectivity index (χ4v) is 4.54. The van der Waals surface area contributed by atoms with Gasteiger partial charge in [-0.05, 0) is 19.4 Å². The quantitative estimate of drug-likeness (QED) is 0.321. The van der Waals surface area contributed by atoms with Crippen LogP contribution in [0.5, 0.6) is 5.75 Å². The fourth-order valence-electron chi connectivity index (χ4n) is 3.47. The lowest BCUT2D eigenvalue weighted by Gasteiger charge is -2.26. The Balaban J connectivity index is 1.89. The molecule has 0 aromatic heterocycles. The van der Waals surface area contributed by atoms with Gasteiger partial charge in [-0.2, -0.15) is 0 Å². The van der Waals surface area contributed by atoms with Crippen LogP contribution in [-0.4, -0.2) is 28.6 Å². The molecule has 0 saturated carbocycles. The zero-order valence-electron chi connectivity index (χ0n) is 17.9. The number of thioether (sulfide) groups is 1. The third kappa shape index (κ3) is 8.59. The van der Waals surface area contributed by atoms with Crippen LogP contribution in [0.3, 0.4) is 0 Å². The number of Topliss-reactive ketones (excluding diaryl/α,β-unsaturated/α-hetero) is 1. The van der Waals surface area contributed by atoms with Crippen molar-refractivity contribution in [2.75, 3.05) is 6.61 Å². The van der Waals surface area contributed by atoms with E-state index in [1.165, 1.54) is 55.3 Å². The molecule has 1 unspecified atom stereocenters. The average molecular weight is 459 g/mol. The van der Waals surface area contributed by atoms with E-state index >= 15 is 0 Å². The van der Waals surface area contributed by atoms with Crippen molar-refractivity contribution in [3.05, 3.63) is 41.7 Å². The van der Waals surface area contributed by atoms with Gasteiger partial charge < -0.3 is 9.47 Å². The Labute approximate surface area is 185 Å². The summed E-state index contributed by atoms with van der Waals surface area (Å²) < 4.78 is 46.8. The van der Waals surface area contributed by atoms with E-state index in [2.05, 4.69) is 11.7 Å². The summed E-state index contributed by atoms with van der Waals surface area (Å²) in [6.07, 6.45) is 3.88. The Morgan fingerprint density at radius 1 is 1.10 bits per heavy atom. The molecule has 0 N–H and O–H groups in total. The number of hydrogen-bond acceptors (Lipinski definition) is 5. The molecule has 31 heavy (non-hydrogen) atoms. The summed E-state index contributed by atoms with van der Waals surface area (Å²) in [7, 11) is 0. The van der Waals surface area contributed by atoms with E-state index in [-0.39, 0.29) is 23.7 Å². The number of rotatable bonds is 13. The minimum absolute atomic E-state index is 0.111. The van der Waals surface area contributed by atoms with Crippen molar-refractivity contribution in [3.8, 4) is 5.75 Å². The lowest BCUT2D eigenvalue weighted by molar-refractivity contribution is -0.274. The van der Waals surface area contributed by atoms with Crippen LogP contribution < -0.4 is 4.74 Å². The first kappa shape index (κ1) is 25.3. The van der Waals surface area contributed by atoms with E-state index in [0.717, 1.165) is 25.7 Å². The summed E-state index contributed by atoms with van der Waals surface area (Å²) in [4.78, 5) is 24.3.